The molecule has 1 heterocycles. The molecule has 1 unspecified atom stereocenters. The molecule has 0 aliphatic rings. The van der Waals surface area contributed by atoms with E-state index in [2.05, 4.69) is 41.5 Å². The van der Waals surface area contributed by atoms with Crippen LogP contribution in [0.5, 0.6) is 0 Å². The number of hydrogen-bond donors (Lipinski definition) is 2. The maximum absolute atomic E-state index is 4.56. The molecule has 1 atom stereocenters. The molecule has 18 heavy (non-hydrogen) atoms. The minimum absolute atomic E-state index is 0.446. The van der Waals surface area contributed by atoms with E-state index in [9.17, 15) is 0 Å². The molecule has 5 heteroatoms. The summed E-state index contributed by atoms with van der Waals surface area (Å²) in [5, 5.41) is 10.8. The summed E-state index contributed by atoms with van der Waals surface area (Å²) in [5.74, 6) is 0.899. The topological polar surface area (TPSA) is 54.2 Å². The number of aliphatic imine (C=N–C) groups is 1. The molecule has 0 amide bonds. The Kier molecular flexibility index (Phi) is 6.25. The Bertz CT molecular complexity index is 369. The fourth-order valence-corrected chi connectivity index (χ4v) is 1.55. The maximum Gasteiger partial charge on any atom is 0.191 e. The lowest BCUT2D eigenvalue weighted by Gasteiger charge is -2.16. The Hall–Kier alpha value is -1.52. The highest BCUT2D eigenvalue weighted by atomic mass is 15.2. The third-order valence-corrected chi connectivity index (χ3v) is 2.77. The van der Waals surface area contributed by atoms with Gasteiger partial charge in [-0.05, 0) is 32.3 Å². The van der Waals surface area contributed by atoms with Gasteiger partial charge in [-0.25, -0.2) is 0 Å². The molecule has 0 fully saturated rings. The van der Waals surface area contributed by atoms with Gasteiger partial charge in [0, 0.05) is 32.4 Å². The van der Waals surface area contributed by atoms with Gasteiger partial charge in [-0.2, -0.15) is 5.10 Å². The third kappa shape index (κ3) is 5.21. The van der Waals surface area contributed by atoms with Crippen LogP contribution in [-0.2, 0) is 13.5 Å². The van der Waals surface area contributed by atoms with Crippen LogP contribution in [0.4, 0.5) is 0 Å². The Labute approximate surface area is 110 Å². The summed E-state index contributed by atoms with van der Waals surface area (Å²) in [4.78, 5) is 4.56. The van der Waals surface area contributed by atoms with Crippen molar-refractivity contribution in [3.63, 3.8) is 0 Å². The first-order valence-corrected chi connectivity index (χ1v) is 6.68. The van der Waals surface area contributed by atoms with E-state index in [4.69, 9.17) is 0 Å². The molecule has 0 radical (unpaired) electrons. The lowest BCUT2D eigenvalue weighted by molar-refractivity contribution is 0.624. The predicted octanol–water partition coefficient (Wildman–Crippen LogP) is 1.32. The Balaban J connectivity index is 2.44. The number of hydrogen-bond acceptors (Lipinski definition) is 2. The van der Waals surface area contributed by atoms with Crippen LogP contribution >= 0.6 is 0 Å². The molecule has 0 bridgehead atoms. The highest BCUT2D eigenvalue weighted by Crippen LogP contribution is 1.97. The molecule has 0 aliphatic heterocycles. The van der Waals surface area contributed by atoms with Gasteiger partial charge in [0.05, 0.1) is 6.20 Å². The van der Waals surface area contributed by atoms with Gasteiger partial charge in [0.2, 0.25) is 0 Å². The van der Waals surface area contributed by atoms with Crippen LogP contribution in [0, 0.1) is 0 Å². The normalized spacial score (nSPS) is 13.4. The SMILES string of the molecule is CCNC(=NCCc1cnn(C)c1)NC(C)CC. The summed E-state index contributed by atoms with van der Waals surface area (Å²) in [6.07, 6.45) is 5.94. The van der Waals surface area contributed by atoms with E-state index in [0.29, 0.717) is 6.04 Å². The van der Waals surface area contributed by atoms with Crippen LogP contribution in [0.25, 0.3) is 0 Å². The summed E-state index contributed by atoms with van der Waals surface area (Å²) in [5.41, 5.74) is 1.22. The molecule has 0 aliphatic carbocycles. The smallest absolute Gasteiger partial charge is 0.191 e. The summed E-state index contributed by atoms with van der Waals surface area (Å²) in [6.45, 7) is 8.06. The summed E-state index contributed by atoms with van der Waals surface area (Å²) >= 11 is 0. The van der Waals surface area contributed by atoms with Crippen molar-refractivity contribution >= 4 is 5.96 Å². The Morgan fingerprint density at radius 1 is 1.50 bits per heavy atom. The number of aromatic nitrogens is 2. The number of guanidine groups is 1. The van der Waals surface area contributed by atoms with E-state index in [1.165, 1.54) is 5.56 Å². The van der Waals surface area contributed by atoms with E-state index in [-0.39, 0.29) is 0 Å². The zero-order valence-electron chi connectivity index (χ0n) is 11.9. The first kappa shape index (κ1) is 14.5. The zero-order chi connectivity index (χ0) is 13.4. The fraction of sp³-hybridized carbons (Fsp3) is 0.692. The van der Waals surface area contributed by atoms with Crippen molar-refractivity contribution in [1.82, 2.24) is 20.4 Å². The van der Waals surface area contributed by atoms with Crippen LogP contribution in [0.1, 0.15) is 32.8 Å². The maximum atomic E-state index is 4.56. The largest absolute Gasteiger partial charge is 0.357 e. The van der Waals surface area contributed by atoms with Gasteiger partial charge in [0.15, 0.2) is 5.96 Å². The van der Waals surface area contributed by atoms with Gasteiger partial charge in [-0.15, -0.1) is 0 Å². The van der Waals surface area contributed by atoms with E-state index < -0.39 is 0 Å². The number of rotatable bonds is 6. The van der Waals surface area contributed by atoms with Crippen molar-refractivity contribution < 1.29 is 0 Å². The monoisotopic (exact) mass is 251 g/mol. The highest BCUT2D eigenvalue weighted by molar-refractivity contribution is 5.80. The quantitative estimate of drug-likeness (QED) is 0.592. The van der Waals surface area contributed by atoms with Gasteiger partial charge < -0.3 is 10.6 Å². The third-order valence-electron chi connectivity index (χ3n) is 2.77. The minimum Gasteiger partial charge on any atom is -0.357 e. The van der Waals surface area contributed by atoms with Crippen molar-refractivity contribution in [2.45, 2.75) is 39.7 Å². The molecule has 1 aromatic heterocycles. The van der Waals surface area contributed by atoms with Crippen LogP contribution in [0.3, 0.4) is 0 Å². The number of nitrogens with one attached hydrogen (secondary N) is 2. The lowest BCUT2D eigenvalue weighted by atomic mass is 10.2. The zero-order valence-corrected chi connectivity index (χ0v) is 11.9. The van der Waals surface area contributed by atoms with E-state index in [0.717, 1.165) is 31.9 Å². The molecule has 0 aromatic carbocycles. The van der Waals surface area contributed by atoms with Crippen molar-refractivity contribution in [3.05, 3.63) is 18.0 Å². The van der Waals surface area contributed by atoms with Crippen molar-refractivity contribution in [2.24, 2.45) is 12.0 Å². The van der Waals surface area contributed by atoms with Crippen LogP contribution < -0.4 is 10.6 Å². The molecule has 1 aromatic rings. The van der Waals surface area contributed by atoms with Crippen LogP contribution in [0.15, 0.2) is 17.4 Å². The fourth-order valence-electron chi connectivity index (χ4n) is 1.55. The van der Waals surface area contributed by atoms with Gasteiger partial charge in [-0.3, -0.25) is 9.67 Å². The van der Waals surface area contributed by atoms with Crippen molar-refractivity contribution in [1.29, 1.82) is 0 Å². The second kappa shape index (κ2) is 7.74. The van der Waals surface area contributed by atoms with Crippen molar-refractivity contribution in [3.8, 4) is 0 Å². The lowest BCUT2D eigenvalue weighted by Crippen LogP contribution is -2.42. The predicted molar refractivity (Wildman–Crippen MR) is 75.8 cm³/mol. The molecular weight excluding hydrogens is 226 g/mol. The van der Waals surface area contributed by atoms with Gasteiger partial charge in [0.25, 0.3) is 0 Å². The minimum atomic E-state index is 0.446. The molecule has 1 rings (SSSR count). The molecule has 0 spiro atoms. The highest BCUT2D eigenvalue weighted by Gasteiger charge is 2.02. The van der Waals surface area contributed by atoms with Crippen LogP contribution in [-0.4, -0.2) is 34.9 Å². The molecule has 5 nitrogen and oxygen atoms in total. The average molecular weight is 251 g/mol. The Morgan fingerprint density at radius 3 is 2.83 bits per heavy atom. The van der Waals surface area contributed by atoms with E-state index in [1.807, 2.05) is 24.1 Å². The molecule has 102 valence electrons. The van der Waals surface area contributed by atoms with Crippen LogP contribution in [0.2, 0.25) is 0 Å². The second-order valence-electron chi connectivity index (χ2n) is 4.49. The van der Waals surface area contributed by atoms with Gasteiger partial charge >= 0.3 is 0 Å². The van der Waals surface area contributed by atoms with Gasteiger partial charge in [0.1, 0.15) is 0 Å². The summed E-state index contributed by atoms with van der Waals surface area (Å²) < 4.78 is 1.82. The molecular formula is C13H25N5. The van der Waals surface area contributed by atoms with E-state index in [1.54, 1.807) is 0 Å². The molecule has 2 N–H and O–H groups in total. The van der Waals surface area contributed by atoms with Gasteiger partial charge in [-0.1, -0.05) is 6.92 Å². The molecule has 0 saturated carbocycles. The first-order valence-electron chi connectivity index (χ1n) is 6.68. The van der Waals surface area contributed by atoms with Crippen molar-refractivity contribution in [2.75, 3.05) is 13.1 Å². The second-order valence-corrected chi connectivity index (χ2v) is 4.49. The Morgan fingerprint density at radius 2 is 2.28 bits per heavy atom. The average Bonchev–Trinajstić information content (AvgIpc) is 2.75. The van der Waals surface area contributed by atoms with E-state index >= 15 is 0 Å². The first-order chi connectivity index (χ1) is 8.65. The summed E-state index contributed by atoms with van der Waals surface area (Å²) in [7, 11) is 1.93. The number of aryl methyl sites for hydroxylation is 1. The molecule has 0 saturated heterocycles. The summed E-state index contributed by atoms with van der Waals surface area (Å²) in [6, 6.07) is 0.446. The standard InChI is InChI=1S/C13H25N5/c1-5-11(3)17-13(14-6-2)15-8-7-12-9-16-18(4)10-12/h9-11H,5-8H2,1-4H3,(H2,14,15,17). The number of nitrogens with zero attached hydrogens (tertiary/aromatic N) is 3.